The van der Waals surface area contributed by atoms with Gasteiger partial charge in [-0.05, 0) is 13.8 Å². The summed E-state index contributed by atoms with van der Waals surface area (Å²) in [7, 11) is 0. The van der Waals surface area contributed by atoms with Crippen molar-refractivity contribution in [2.24, 2.45) is 0 Å². The number of carbonyl (C=O) groups is 1. The van der Waals surface area contributed by atoms with E-state index in [-0.39, 0.29) is 11.3 Å². The minimum absolute atomic E-state index is 0.0151. The van der Waals surface area contributed by atoms with Crippen LogP contribution in [0.25, 0.3) is 17.0 Å². The summed E-state index contributed by atoms with van der Waals surface area (Å²) in [6.45, 7) is 3.31. The lowest BCUT2D eigenvalue weighted by atomic mass is 10.1. The van der Waals surface area contributed by atoms with Gasteiger partial charge >= 0.3 is 0 Å². The highest BCUT2D eigenvalue weighted by atomic mass is 16.1. The standard InChI is InChI=1S/C14H12N4O2/c1-8(19)10-3-5-11(6-4-10)14-15-9(2)18-12(16-14)7-13(20)17-18/h3-7H,1-2H3,(H,17,20). The molecular weight excluding hydrogens is 256 g/mol. The fourth-order valence-corrected chi connectivity index (χ4v) is 2.03. The van der Waals surface area contributed by atoms with Gasteiger partial charge in [-0.2, -0.15) is 0 Å². The lowest BCUT2D eigenvalue weighted by Gasteiger charge is -2.04. The molecular formula is C14H12N4O2. The zero-order valence-corrected chi connectivity index (χ0v) is 11.0. The summed E-state index contributed by atoms with van der Waals surface area (Å²) in [6, 6.07) is 8.50. The summed E-state index contributed by atoms with van der Waals surface area (Å²) in [5.41, 5.74) is 1.75. The van der Waals surface area contributed by atoms with Crippen molar-refractivity contribution < 1.29 is 4.79 Å². The largest absolute Gasteiger partial charge is 0.295 e. The fraction of sp³-hybridized carbons (Fsp3) is 0.143. The third kappa shape index (κ3) is 2.01. The number of nitrogens with zero attached hydrogens (tertiary/aromatic N) is 3. The van der Waals surface area contributed by atoms with Crippen LogP contribution in [0.15, 0.2) is 35.1 Å². The van der Waals surface area contributed by atoms with Crippen molar-refractivity contribution in [2.75, 3.05) is 0 Å². The smallest absolute Gasteiger partial charge is 0.266 e. The van der Waals surface area contributed by atoms with Crippen molar-refractivity contribution in [3.63, 3.8) is 0 Å². The van der Waals surface area contributed by atoms with Gasteiger partial charge in [0.2, 0.25) is 0 Å². The minimum atomic E-state index is -0.216. The van der Waals surface area contributed by atoms with Crippen LogP contribution in [0.2, 0.25) is 0 Å². The van der Waals surface area contributed by atoms with Crippen LogP contribution in [-0.2, 0) is 0 Å². The number of rotatable bonds is 2. The molecule has 1 N–H and O–H groups in total. The third-order valence-electron chi connectivity index (χ3n) is 3.07. The average molecular weight is 268 g/mol. The van der Waals surface area contributed by atoms with Crippen molar-refractivity contribution in [3.05, 3.63) is 52.1 Å². The van der Waals surface area contributed by atoms with E-state index in [2.05, 4.69) is 15.1 Å². The molecule has 0 atom stereocenters. The first-order chi connectivity index (χ1) is 9.54. The predicted octanol–water partition coefficient (Wildman–Crippen LogP) is 1.60. The van der Waals surface area contributed by atoms with Gasteiger partial charge in [0, 0.05) is 17.2 Å². The first-order valence-electron chi connectivity index (χ1n) is 6.12. The van der Waals surface area contributed by atoms with E-state index >= 15 is 0 Å². The zero-order valence-electron chi connectivity index (χ0n) is 11.0. The molecule has 0 bridgehead atoms. The summed E-state index contributed by atoms with van der Waals surface area (Å²) >= 11 is 0. The lowest BCUT2D eigenvalue weighted by Crippen LogP contribution is -2.04. The molecule has 100 valence electrons. The normalized spacial score (nSPS) is 10.9. The molecule has 0 saturated heterocycles. The molecule has 3 rings (SSSR count). The molecule has 0 unspecified atom stereocenters. The Balaban J connectivity index is 2.13. The summed E-state index contributed by atoms with van der Waals surface area (Å²) < 4.78 is 1.54. The van der Waals surface area contributed by atoms with Crippen molar-refractivity contribution in [1.82, 2.24) is 19.6 Å². The minimum Gasteiger partial charge on any atom is -0.295 e. The number of aryl methyl sites for hydroxylation is 1. The maximum atomic E-state index is 11.3. The lowest BCUT2D eigenvalue weighted by molar-refractivity contribution is 0.101. The second kappa shape index (κ2) is 4.41. The highest BCUT2D eigenvalue weighted by Gasteiger charge is 2.08. The van der Waals surface area contributed by atoms with Crippen LogP contribution in [0.3, 0.4) is 0 Å². The van der Waals surface area contributed by atoms with E-state index in [1.54, 1.807) is 31.2 Å². The Morgan fingerprint density at radius 1 is 1.20 bits per heavy atom. The van der Waals surface area contributed by atoms with Gasteiger partial charge in [-0.1, -0.05) is 24.3 Å². The quantitative estimate of drug-likeness (QED) is 0.716. The van der Waals surface area contributed by atoms with Crippen molar-refractivity contribution >= 4 is 11.4 Å². The van der Waals surface area contributed by atoms with Gasteiger partial charge in [0.05, 0.1) is 0 Å². The van der Waals surface area contributed by atoms with Gasteiger partial charge < -0.3 is 0 Å². The maximum absolute atomic E-state index is 11.3. The molecule has 6 nitrogen and oxygen atoms in total. The number of ketones is 1. The fourth-order valence-electron chi connectivity index (χ4n) is 2.03. The van der Waals surface area contributed by atoms with E-state index in [4.69, 9.17) is 0 Å². The molecule has 3 aromatic rings. The number of hydrogen-bond donors (Lipinski definition) is 1. The van der Waals surface area contributed by atoms with Crippen LogP contribution in [0.5, 0.6) is 0 Å². The second-order valence-electron chi connectivity index (χ2n) is 4.54. The van der Waals surface area contributed by atoms with E-state index in [1.807, 2.05) is 0 Å². The Morgan fingerprint density at radius 2 is 1.90 bits per heavy atom. The number of carbonyl (C=O) groups excluding carboxylic acids is 1. The Labute approximate surface area is 114 Å². The van der Waals surface area contributed by atoms with Crippen LogP contribution in [-0.4, -0.2) is 25.4 Å². The monoisotopic (exact) mass is 268 g/mol. The molecule has 0 radical (unpaired) electrons. The molecule has 2 aromatic heterocycles. The second-order valence-corrected chi connectivity index (χ2v) is 4.54. The highest BCUT2D eigenvalue weighted by molar-refractivity contribution is 5.94. The van der Waals surface area contributed by atoms with Crippen LogP contribution in [0.1, 0.15) is 23.1 Å². The van der Waals surface area contributed by atoms with E-state index in [1.165, 1.54) is 17.5 Å². The molecule has 20 heavy (non-hydrogen) atoms. The zero-order chi connectivity index (χ0) is 14.3. The Hall–Kier alpha value is -2.76. The van der Waals surface area contributed by atoms with Gasteiger partial charge in [-0.25, -0.2) is 14.5 Å². The summed E-state index contributed by atoms with van der Waals surface area (Å²) in [5, 5.41) is 2.62. The van der Waals surface area contributed by atoms with Crippen LogP contribution in [0.4, 0.5) is 0 Å². The number of benzene rings is 1. The molecule has 0 aliphatic carbocycles. The van der Waals surface area contributed by atoms with Crippen molar-refractivity contribution in [2.45, 2.75) is 13.8 Å². The highest BCUT2D eigenvalue weighted by Crippen LogP contribution is 2.17. The van der Waals surface area contributed by atoms with Crippen molar-refractivity contribution in [1.29, 1.82) is 0 Å². The third-order valence-corrected chi connectivity index (χ3v) is 3.07. The molecule has 0 aliphatic heterocycles. The first kappa shape index (κ1) is 12.3. The number of H-pyrrole nitrogens is 1. The SMILES string of the molecule is CC(=O)c1ccc(-c2nc(C)n3[nH]c(=O)cc3n2)cc1. The van der Waals surface area contributed by atoms with Gasteiger partial charge in [0.25, 0.3) is 5.56 Å². The van der Waals surface area contributed by atoms with Crippen LogP contribution in [0, 0.1) is 6.92 Å². The van der Waals surface area contributed by atoms with Gasteiger partial charge in [0.15, 0.2) is 17.3 Å². The molecule has 0 amide bonds. The molecule has 1 aromatic carbocycles. The first-order valence-corrected chi connectivity index (χ1v) is 6.12. The number of aromatic amines is 1. The molecule has 0 spiro atoms. The van der Waals surface area contributed by atoms with E-state index in [9.17, 15) is 9.59 Å². The number of nitrogens with one attached hydrogen (secondary N) is 1. The number of Topliss-reactive ketones (excluding diaryl/α,β-unsaturated/α-hetero) is 1. The molecule has 0 aliphatic rings. The van der Waals surface area contributed by atoms with E-state index in [0.29, 0.717) is 22.9 Å². The van der Waals surface area contributed by atoms with E-state index < -0.39 is 0 Å². The van der Waals surface area contributed by atoms with Gasteiger partial charge in [-0.15, -0.1) is 0 Å². The summed E-state index contributed by atoms with van der Waals surface area (Å²) in [6.07, 6.45) is 0. The Morgan fingerprint density at radius 3 is 2.55 bits per heavy atom. The summed E-state index contributed by atoms with van der Waals surface area (Å²) in [5.74, 6) is 1.18. The predicted molar refractivity (Wildman–Crippen MR) is 73.8 cm³/mol. The number of fused-ring (bicyclic) bond motifs is 1. The van der Waals surface area contributed by atoms with E-state index in [0.717, 1.165) is 5.56 Å². The molecule has 0 saturated carbocycles. The van der Waals surface area contributed by atoms with Crippen LogP contribution >= 0.6 is 0 Å². The Kier molecular flexibility index (Phi) is 2.71. The summed E-state index contributed by atoms with van der Waals surface area (Å²) in [4.78, 5) is 31.3. The van der Waals surface area contributed by atoms with Crippen LogP contribution < -0.4 is 5.56 Å². The maximum Gasteiger partial charge on any atom is 0.266 e. The average Bonchev–Trinajstić information content (AvgIpc) is 2.80. The molecule has 0 fully saturated rings. The van der Waals surface area contributed by atoms with Gasteiger partial charge in [0.1, 0.15) is 5.82 Å². The Bertz CT molecular complexity index is 859. The number of aromatic nitrogens is 4. The van der Waals surface area contributed by atoms with Gasteiger partial charge in [-0.3, -0.25) is 14.7 Å². The molecule has 2 heterocycles. The molecule has 6 heteroatoms. The topological polar surface area (TPSA) is 80.1 Å². The van der Waals surface area contributed by atoms with Crippen molar-refractivity contribution in [3.8, 4) is 11.4 Å². The number of hydrogen-bond acceptors (Lipinski definition) is 4.